The van der Waals surface area contributed by atoms with Gasteiger partial charge in [0, 0.05) is 17.8 Å². The van der Waals surface area contributed by atoms with Gasteiger partial charge in [0.1, 0.15) is 11.4 Å². The minimum absolute atomic E-state index is 0.146. The van der Waals surface area contributed by atoms with E-state index in [-0.39, 0.29) is 23.7 Å². The van der Waals surface area contributed by atoms with Gasteiger partial charge in [0.05, 0.1) is 21.3 Å². The van der Waals surface area contributed by atoms with Gasteiger partial charge in [-0.1, -0.05) is 6.07 Å². The van der Waals surface area contributed by atoms with Crippen molar-refractivity contribution in [2.75, 3.05) is 5.32 Å². The standard InChI is InChI=1S/C21H18F6N4OS/c22-20(23,24)16-8-13(9-17(31-16)21(25,26)27)29-11-4-6-12(7-5-11)30-19(32)14-2-1-3-15-18(14)33-10-28-15/h1-3,8-12H,4-7H2,(H,29,31)(H,30,32)/t11-,12+. The number of pyridine rings is 1. The molecule has 0 aliphatic heterocycles. The smallest absolute Gasteiger partial charge is 0.382 e. The van der Waals surface area contributed by atoms with Crippen molar-refractivity contribution in [2.45, 2.75) is 50.1 Å². The van der Waals surface area contributed by atoms with Crippen LogP contribution in [0.2, 0.25) is 0 Å². The molecule has 1 fully saturated rings. The van der Waals surface area contributed by atoms with E-state index in [4.69, 9.17) is 0 Å². The van der Waals surface area contributed by atoms with Crippen molar-refractivity contribution >= 4 is 33.1 Å². The molecule has 2 heterocycles. The normalized spacial score (nSPS) is 19.5. The largest absolute Gasteiger partial charge is 0.433 e. The number of hydrogen-bond acceptors (Lipinski definition) is 5. The zero-order valence-corrected chi connectivity index (χ0v) is 17.7. The molecule has 1 saturated carbocycles. The number of aromatic nitrogens is 2. The molecular weight excluding hydrogens is 470 g/mol. The number of nitrogens with one attached hydrogen (secondary N) is 2. The number of carbonyl (C=O) groups excluding carboxylic acids is 1. The first kappa shape index (κ1) is 23.3. The highest BCUT2D eigenvalue weighted by molar-refractivity contribution is 7.17. The molecular formula is C21H18F6N4OS. The van der Waals surface area contributed by atoms with Crippen LogP contribution >= 0.6 is 11.3 Å². The fraction of sp³-hybridized carbons (Fsp3) is 0.381. The monoisotopic (exact) mass is 488 g/mol. The van der Waals surface area contributed by atoms with Gasteiger partial charge in [-0.2, -0.15) is 26.3 Å². The highest BCUT2D eigenvalue weighted by Crippen LogP contribution is 2.36. The number of halogens is 6. The van der Waals surface area contributed by atoms with Gasteiger partial charge >= 0.3 is 12.4 Å². The average molecular weight is 488 g/mol. The van der Waals surface area contributed by atoms with Crippen LogP contribution in [0.5, 0.6) is 0 Å². The van der Waals surface area contributed by atoms with Crippen LogP contribution in [-0.4, -0.2) is 28.0 Å². The first-order valence-electron chi connectivity index (χ1n) is 10.1. The van der Waals surface area contributed by atoms with Gasteiger partial charge in [-0.25, -0.2) is 9.97 Å². The maximum Gasteiger partial charge on any atom is 0.433 e. The second kappa shape index (κ2) is 8.81. The van der Waals surface area contributed by atoms with E-state index in [2.05, 4.69) is 20.6 Å². The lowest BCUT2D eigenvalue weighted by Crippen LogP contribution is -2.40. The van der Waals surface area contributed by atoms with Crippen LogP contribution in [0, 0.1) is 0 Å². The fourth-order valence-electron chi connectivity index (χ4n) is 3.85. The summed E-state index contributed by atoms with van der Waals surface area (Å²) in [5.41, 5.74) is -0.572. The third-order valence-corrected chi connectivity index (χ3v) is 6.32. The van der Waals surface area contributed by atoms with Crippen LogP contribution in [0.4, 0.5) is 32.0 Å². The lowest BCUT2D eigenvalue weighted by atomic mass is 9.90. The number of fused-ring (bicyclic) bond motifs is 1. The molecule has 0 unspecified atom stereocenters. The van der Waals surface area contributed by atoms with Gasteiger partial charge in [0.25, 0.3) is 5.91 Å². The van der Waals surface area contributed by atoms with Crippen molar-refractivity contribution in [3.05, 3.63) is 52.8 Å². The van der Waals surface area contributed by atoms with Crippen LogP contribution in [0.25, 0.3) is 10.2 Å². The number of rotatable bonds is 4. The molecule has 2 N–H and O–H groups in total. The molecule has 3 aromatic rings. The molecule has 2 aromatic heterocycles. The van der Waals surface area contributed by atoms with Gasteiger partial charge in [-0.05, 0) is 49.9 Å². The lowest BCUT2D eigenvalue weighted by molar-refractivity contribution is -0.150. The van der Waals surface area contributed by atoms with Crippen LogP contribution in [0.3, 0.4) is 0 Å². The van der Waals surface area contributed by atoms with E-state index in [9.17, 15) is 31.1 Å². The quantitative estimate of drug-likeness (QED) is 0.450. The number of amides is 1. The van der Waals surface area contributed by atoms with Crippen LogP contribution in [0.15, 0.2) is 35.8 Å². The van der Waals surface area contributed by atoms with E-state index in [0.717, 1.165) is 10.2 Å². The molecule has 5 nitrogen and oxygen atoms in total. The molecule has 4 rings (SSSR count). The summed E-state index contributed by atoms with van der Waals surface area (Å²) < 4.78 is 78.8. The van der Waals surface area contributed by atoms with Gasteiger partial charge < -0.3 is 10.6 Å². The van der Waals surface area contributed by atoms with E-state index in [1.165, 1.54) is 11.3 Å². The summed E-state index contributed by atoms with van der Waals surface area (Å²) in [6, 6.07) is 5.96. The van der Waals surface area contributed by atoms with Crippen molar-refractivity contribution in [1.82, 2.24) is 15.3 Å². The predicted molar refractivity (Wildman–Crippen MR) is 111 cm³/mol. The lowest BCUT2D eigenvalue weighted by Gasteiger charge is -2.30. The van der Waals surface area contributed by atoms with E-state index in [1.807, 2.05) is 6.07 Å². The summed E-state index contributed by atoms with van der Waals surface area (Å²) >= 11 is 1.36. The minimum atomic E-state index is -5.00. The van der Waals surface area contributed by atoms with Crippen LogP contribution in [0.1, 0.15) is 47.4 Å². The minimum Gasteiger partial charge on any atom is -0.382 e. The number of carbonyl (C=O) groups is 1. The molecule has 0 atom stereocenters. The van der Waals surface area contributed by atoms with Gasteiger partial charge in [-0.15, -0.1) is 11.3 Å². The maximum absolute atomic E-state index is 13.0. The number of thiazole rings is 1. The van der Waals surface area contributed by atoms with Crippen molar-refractivity contribution in [1.29, 1.82) is 0 Å². The third-order valence-electron chi connectivity index (χ3n) is 5.44. The molecule has 33 heavy (non-hydrogen) atoms. The Hall–Kier alpha value is -2.89. The average Bonchev–Trinajstić information content (AvgIpc) is 3.22. The number of benzene rings is 1. The first-order valence-corrected chi connectivity index (χ1v) is 10.9. The summed E-state index contributed by atoms with van der Waals surface area (Å²) in [4.78, 5) is 19.6. The maximum atomic E-state index is 13.0. The van der Waals surface area contributed by atoms with E-state index >= 15 is 0 Å². The second-order valence-electron chi connectivity index (χ2n) is 7.79. The third kappa shape index (κ3) is 5.37. The summed E-state index contributed by atoms with van der Waals surface area (Å²) in [6.45, 7) is 0. The zero-order valence-electron chi connectivity index (χ0n) is 16.9. The number of nitrogens with zero attached hydrogens (tertiary/aromatic N) is 2. The van der Waals surface area contributed by atoms with Crippen molar-refractivity contribution < 1.29 is 31.1 Å². The molecule has 12 heteroatoms. The Labute approximate surface area is 188 Å². The van der Waals surface area contributed by atoms with Crippen molar-refractivity contribution in [3.63, 3.8) is 0 Å². The summed E-state index contributed by atoms with van der Waals surface area (Å²) in [6.07, 6.45) is -7.99. The first-order chi connectivity index (χ1) is 15.5. The SMILES string of the molecule is O=C(N[C@H]1CC[C@@H](Nc2cc(C(F)(F)F)nc(C(F)(F)F)c2)CC1)c1cccc2ncsc12. The molecule has 0 saturated heterocycles. The Bertz CT molecular complexity index is 1120. The Morgan fingerprint density at radius 1 is 0.939 bits per heavy atom. The number of hydrogen-bond donors (Lipinski definition) is 2. The Balaban J connectivity index is 1.39. The predicted octanol–water partition coefficient (Wildman–Crippen LogP) is 5.88. The van der Waals surface area contributed by atoms with E-state index < -0.39 is 23.7 Å². The molecule has 1 aromatic carbocycles. The fourth-order valence-corrected chi connectivity index (χ4v) is 4.65. The summed E-state index contributed by atoms with van der Waals surface area (Å²) in [7, 11) is 0. The summed E-state index contributed by atoms with van der Waals surface area (Å²) in [5, 5.41) is 5.74. The highest BCUT2D eigenvalue weighted by Gasteiger charge is 2.39. The molecule has 1 amide bonds. The molecule has 0 spiro atoms. The molecule has 176 valence electrons. The van der Waals surface area contributed by atoms with Gasteiger partial charge in [-0.3, -0.25) is 4.79 Å². The number of alkyl halides is 6. The number of anilines is 1. The zero-order chi connectivity index (χ0) is 23.8. The Kier molecular flexibility index (Phi) is 6.21. The topological polar surface area (TPSA) is 66.9 Å². The van der Waals surface area contributed by atoms with E-state index in [0.29, 0.717) is 43.4 Å². The van der Waals surface area contributed by atoms with Gasteiger partial charge in [0.15, 0.2) is 0 Å². The molecule has 0 radical (unpaired) electrons. The van der Waals surface area contributed by atoms with Crippen LogP contribution in [-0.2, 0) is 12.4 Å². The molecule has 0 bridgehead atoms. The Morgan fingerprint density at radius 2 is 1.55 bits per heavy atom. The summed E-state index contributed by atoms with van der Waals surface area (Å²) in [5.74, 6) is -0.236. The van der Waals surface area contributed by atoms with Crippen molar-refractivity contribution in [2.24, 2.45) is 0 Å². The highest BCUT2D eigenvalue weighted by atomic mass is 32.1. The van der Waals surface area contributed by atoms with Crippen LogP contribution < -0.4 is 10.6 Å². The van der Waals surface area contributed by atoms with E-state index in [1.54, 1.807) is 17.6 Å². The second-order valence-corrected chi connectivity index (χ2v) is 8.65. The Morgan fingerprint density at radius 3 is 2.15 bits per heavy atom. The van der Waals surface area contributed by atoms with Crippen molar-refractivity contribution in [3.8, 4) is 0 Å². The molecule has 1 aliphatic carbocycles. The molecule has 1 aliphatic rings. The van der Waals surface area contributed by atoms with Gasteiger partial charge in [0.2, 0.25) is 0 Å².